The van der Waals surface area contributed by atoms with Crippen molar-refractivity contribution in [2.24, 2.45) is 5.73 Å². The van der Waals surface area contributed by atoms with Gasteiger partial charge in [0.05, 0.1) is 11.9 Å². The first-order valence-electron chi connectivity index (χ1n) is 10.3. The topological polar surface area (TPSA) is 103 Å². The Morgan fingerprint density at radius 3 is 2.27 bits per heavy atom. The molecule has 33 heavy (non-hydrogen) atoms. The van der Waals surface area contributed by atoms with Crippen LogP contribution in [0.1, 0.15) is 26.3 Å². The second-order valence-electron chi connectivity index (χ2n) is 7.77. The van der Waals surface area contributed by atoms with E-state index in [-0.39, 0.29) is 5.56 Å². The van der Waals surface area contributed by atoms with Crippen molar-refractivity contribution in [2.45, 2.75) is 6.54 Å². The maximum Gasteiger partial charge on any atom is 0.335 e. The zero-order valence-corrected chi connectivity index (χ0v) is 17.6. The maximum atomic E-state index is 11.6. The SMILES string of the molecule is NC(=O)c1ccc(Cn2c(-c3ccc(-n4ccnc4)cc3)cc3ccc(C(=O)O)cc32)cc1. The molecule has 1 amide bonds. The van der Waals surface area contributed by atoms with E-state index in [2.05, 4.69) is 15.6 Å². The number of rotatable bonds is 6. The molecule has 0 fully saturated rings. The van der Waals surface area contributed by atoms with Crippen molar-refractivity contribution >= 4 is 22.8 Å². The number of hydrogen-bond acceptors (Lipinski definition) is 3. The van der Waals surface area contributed by atoms with Gasteiger partial charge in [0.1, 0.15) is 0 Å². The average Bonchev–Trinajstić information content (AvgIpc) is 3.48. The van der Waals surface area contributed by atoms with Crippen molar-refractivity contribution in [3.05, 3.63) is 108 Å². The lowest BCUT2D eigenvalue weighted by Gasteiger charge is -2.13. The number of fused-ring (bicyclic) bond motifs is 1. The van der Waals surface area contributed by atoms with Gasteiger partial charge in [-0.3, -0.25) is 4.79 Å². The van der Waals surface area contributed by atoms with E-state index in [4.69, 9.17) is 5.73 Å². The first-order valence-corrected chi connectivity index (χ1v) is 10.3. The fourth-order valence-electron chi connectivity index (χ4n) is 3.97. The van der Waals surface area contributed by atoms with Gasteiger partial charge in [0.2, 0.25) is 5.91 Å². The van der Waals surface area contributed by atoms with Gasteiger partial charge in [-0.25, -0.2) is 9.78 Å². The Morgan fingerprint density at radius 2 is 1.64 bits per heavy atom. The van der Waals surface area contributed by atoms with Crippen molar-refractivity contribution in [1.82, 2.24) is 14.1 Å². The lowest BCUT2D eigenvalue weighted by atomic mass is 10.1. The third-order valence-electron chi connectivity index (χ3n) is 5.70. The summed E-state index contributed by atoms with van der Waals surface area (Å²) in [5.41, 5.74) is 10.8. The van der Waals surface area contributed by atoms with E-state index in [1.54, 1.807) is 36.8 Å². The first-order chi connectivity index (χ1) is 16.0. The number of carbonyl (C=O) groups excluding carboxylic acids is 1. The number of nitrogens with two attached hydrogens (primary N) is 1. The summed E-state index contributed by atoms with van der Waals surface area (Å²) in [5, 5.41) is 10.4. The summed E-state index contributed by atoms with van der Waals surface area (Å²) >= 11 is 0. The standard InChI is InChI=1S/C26H20N4O3/c27-25(31)19-3-1-17(2-4-19)15-30-23(13-20-5-6-21(26(32)33)14-24(20)30)18-7-9-22(10-8-18)29-12-11-28-16-29/h1-14,16H,15H2,(H2,27,31)(H,32,33). The summed E-state index contributed by atoms with van der Waals surface area (Å²) in [4.78, 5) is 27.1. The first kappa shape index (κ1) is 20.3. The van der Waals surface area contributed by atoms with E-state index >= 15 is 0 Å². The number of benzene rings is 3. The van der Waals surface area contributed by atoms with E-state index in [0.717, 1.165) is 33.4 Å². The molecule has 0 aliphatic rings. The molecule has 162 valence electrons. The molecule has 0 saturated carbocycles. The molecule has 3 N–H and O–H groups in total. The average molecular weight is 436 g/mol. The number of amides is 1. The second-order valence-corrected chi connectivity index (χ2v) is 7.77. The van der Waals surface area contributed by atoms with Crippen molar-refractivity contribution in [2.75, 3.05) is 0 Å². The summed E-state index contributed by atoms with van der Waals surface area (Å²) in [6, 6.07) is 22.4. The van der Waals surface area contributed by atoms with Gasteiger partial charge in [0, 0.05) is 46.8 Å². The number of nitrogens with zero attached hydrogens (tertiary/aromatic N) is 3. The zero-order chi connectivity index (χ0) is 22.9. The summed E-state index contributed by atoms with van der Waals surface area (Å²) in [6.07, 6.45) is 5.36. The van der Waals surface area contributed by atoms with E-state index in [1.165, 1.54) is 0 Å². The number of carboxylic acids is 1. The van der Waals surface area contributed by atoms with Crippen LogP contribution in [0, 0.1) is 0 Å². The van der Waals surface area contributed by atoms with Crippen LogP contribution in [0.25, 0.3) is 27.8 Å². The highest BCUT2D eigenvalue weighted by atomic mass is 16.4. The summed E-state index contributed by atoms with van der Waals surface area (Å²) in [6.45, 7) is 0.504. The van der Waals surface area contributed by atoms with Gasteiger partial charge in [-0.15, -0.1) is 0 Å². The number of aromatic nitrogens is 3. The Hall–Kier alpha value is -4.65. The van der Waals surface area contributed by atoms with Gasteiger partial charge >= 0.3 is 5.97 Å². The molecule has 3 aromatic carbocycles. The molecule has 7 nitrogen and oxygen atoms in total. The van der Waals surface area contributed by atoms with Crippen molar-refractivity contribution < 1.29 is 14.7 Å². The van der Waals surface area contributed by atoms with Crippen LogP contribution < -0.4 is 5.73 Å². The number of aromatic carboxylic acids is 1. The third kappa shape index (κ3) is 3.87. The Morgan fingerprint density at radius 1 is 0.909 bits per heavy atom. The van der Waals surface area contributed by atoms with Crippen molar-refractivity contribution in [1.29, 1.82) is 0 Å². The molecule has 0 saturated heterocycles. The van der Waals surface area contributed by atoms with Crippen LogP contribution in [0.2, 0.25) is 0 Å². The van der Waals surface area contributed by atoms with Crippen LogP contribution in [0.15, 0.2) is 91.5 Å². The van der Waals surface area contributed by atoms with E-state index < -0.39 is 11.9 Å². The normalized spacial score (nSPS) is 11.0. The highest BCUT2D eigenvalue weighted by Gasteiger charge is 2.14. The molecule has 0 radical (unpaired) electrons. The Kier molecular flexibility index (Phi) is 4.99. The van der Waals surface area contributed by atoms with E-state index in [0.29, 0.717) is 12.1 Å². The fraction of sp³-hybridized carbons (Fsp3) is 0.0385. The molecule has 5 aromatic rings. The molecule has 0 atom stereocenters. The monoisotopic (exact) mass is 436 g/mol. The molecule has 0 spiro atoms. The van der Waals surface area contributed by atoms with Crippen LogP contribution >= 0.6 is 0 Å². The van der Waals surface area contributed by atoms with Crippen molar-refractivity contribution in [3.8, 4) is 16.9 Å². The smallest absolute Gasteiger partial charge is 0.335 e. The van der Waals surface area contributed by atoms with Gasteiger partial charge in [-0.2, -0.15) is 0 Å². The van der Waals surface area contributed by atoms with Crippen LogP contribution in [-0.4, -0.2) is 31.1 Å². The molecule has 7 heteroatoms. The minimum atomic E-state index is -0.971. The second kappa shape index (κ2) is 8.12. The minimum Gasteiger partial charge on any atom is -0.478 e. The predicted molar refractivity (Wildman–Crippen MR) is 126 cm³/mol. The van der Waals surface area contributed by atoms with E-state index in [9.17, 15) is 14.7 Å². The minimum absolute atomic E-state index is 0.230. The number of carbonyl (C=O) groups is 2. The molecule has 5 rings (SSSR count). The molecule has 0 unspecified atom stereocenters. The van der Waals surface area contributed by atoms with Crippen LogP contribution in [-0.2, 0) is 6.54 Å². The Labute approximate surface area is 189 Å². The molecule has 0 bridgehead atoms. The largest absolute Gasteiger partial charge is 0.478 e. The van der Waals surface area contributed by atoms with Gasteiger partial charge in [-0.1, -0.05) is 30.3 Å². The number of imidazole rings is 1. The lowest BCUT2D eigenvalue weighted by molar-refractivity contribution is 0.0696. The molecular weight excluding hydrogens is 416 g/mol. The highest BCUT2D eigenvalue weighted by Crippen LogP contribution is 2.31. The van der Waals surface area contributed by atoms with E-state index in [1.807, 2.05) is 53.2 Å². The number of hydrogen-bond donors (Lipinski definition) is 2. The fourth-order valence-corrected chi connectivity index (χ4v) is 3.97. The van der Waals surface area contributed by atoms with Gasteiger partial charge in [-0.05, 0) is 53.6 Å². The molecule has 2 aromatic heterocycles. The Balaban J connectivity index is 1.61. The van der Waals surface area contributed by atoms with Gasteiger partial charge in [0.25, 0.3) is 0 Å². The summed E-state index contributed by atoms with van der Waals surface area (Å²) < 4.78 is 4.02. The molecule has 0 aliphatic heterocycles. The van der Waals surface area contributed by atoms with Crippen LogP contribution in [0.5, 0.6) is 0 Å². The summed E-state index contributed by atoms with van der Waals surface area (Å²) in [7, 11) is 0. The van der Waals surface area contributed by atoms with Crippen LogP contribution in [0.3, 0.4) is 0 Å². The quantitative estimate of drug-likeness (QED) is 0.413. The van der Waals surface area contributed by atoms with Gasteiger partial charge < -0.3 is 20.0 Å². The zero-order valence-electron chi connectivity index (χ0n) is 17.6. The Bertz CT molecular complexity index is 1470. The molecule has 0 aliphatic carbocycles. The lowest BCUT2D eigenvalue weighted by Crippen LogP contribution is -2.11. The maximum absolute atomic E-state index is 11.6. The third-order valence-corrected chi connectivity index (χ3v) is 5.70. The van der Waals surface area contributed by atoms with Crippen LogP contribution in [0.4, 0.5) is 0 Å². The van der Waals surface area contributed by atoms with Gasteiger partial charge in [0.15, 0.2) is 0 Å². The van der Waals surface area contributed by atoms with Crippen molar-refractivity contribution in [3.63, 3.8) is 0 Å². The number of primary amides is 1. The molecular formula is C26H20N4O3. The molecule has 2 heterocycles. The number of carboxylic acid groups (broad SMARTS) is 1. The summed E-state index contributed by atoms with van der Waals surface area (Å²) in [5.74, 6) is -1.44. The predicted octanol–water partition coefficient (Wildman–Crippen LogP) is 4.34. The highest BCUT2D eigenvalue weighted by molar-refractivity contribution is 5.95.